The minimum absolute atomic E-state index is 0.211. The molecule has 0 amide bonds. The molecule has 35 heavy (non-hydrogen) atoms. The SMILES string of the molecule is CCCCc1ccc(C2(C(=O)Oc3ccc(CC(CC)CCCC)cc3C#N)CCCCC2)cc1. The Balaban J connectivity index is 1.80. The maximum Gasteiger partial charge on any atom is 0.321 e. The lowest BCUT2D eigenvalue weighted by atomic mass is 9.69. The van der Waals surface area contributed by atoms with Crippen LogP contribution in [0.5, 0.6) is 5.75 Å². The maximum atomic E-state index is 13.7. The molecule has 1 atom stereocenters. The van der Waals surface area contributed by atoms with Crippen LogP contribution in [0.15, 0.2) is 42.5 Å². The van der Waals surface area contributed by atoms with E-state index in [0.717, 1.165) is 62.5 Å². The smallest absolute Gasteiger partial charge is 0.321 e. The van der Waals surface area contributed by atoms with Gasteiger partial charge in [-0.05, 0) is 66.8 Å². The molecule has 0 N–H and O–H groups in total. The molecule has 1 aliphatic carbocycles. The van der Waals surface area contributed by atoms with Crippen LogP contribution in [-0.2, 0) is 23.1 Å². The van der Waals surface area contributed by atoms with Crippen LogP contribution in [-0.4, -0.2) is 5.97 Å². The number of esters is 1. The topological polar surface area (TPSA) is 50.1 Å². The third-order valence-electron chi connectivity index (χ3n) is 7.86. The summed E-state index contributed by atoms with van der Waals surface area (Å²) in [7, 11) is 0. The van der Waals surface area contributed by atoms with Crippen molar-refractivity contribution in [2.75, 3.05) is 0 Å². The molecule has 0 radical (unpaired) electrons. The summed E-state index contributed by atoms with van der Waals surface area (Å²) in [5.41, 5.74) is 3.36. The lowest BCUT2D eigenvalue weighted by Gasteiger charge is -2.35. The molecule has 2 aromatic rings. The van der Waals surface area contributed by atoms with Gasteiger partial charge in [-0.2, -0.15) is 5.26 Å². The van der Waals surface area contributed by atoms with E-state index in [9.17, 15) is 10.1 Å². The average molecular weight is 474 g/mol. The van der Waals surface area contributed by atoms with E-state index in [1.54, 1.807) is 0 Å². The van der Waals surface area contributed by atoms with Crippen molar-refractivity contribution in [1.29, 1.82) is 5.26 Å². The van der Waals surface area contributed by atoms with Gasteiger partial charge < -0.3 is 4.74 Å². The molecule has 0 spiro atoms. The van der Waals surface area contributed by atoms with Gasteiger partial charge in [-0.15, -0.1) is 0 Å². The zero-order valence-corrected chi connectivity index (χ0v) is 22.1. The number of nitriles is 1. The summed E-state index contributed by atoms with van der Waals surface area (Å²) in [4.78, 5) is 13.7. The number of aryl methyl sites for hydroxylation is 1. The molecule has 3 rings (SSSR count). The molecule has 188 valence electrons. The number of nitrogens with zero attached hydrogens (tertiary/aromatic N) is 1. The number of carbonyl (C=O) groups is 1. The van der Waals surface area contributed by atoms with Crippen LogP contribution in [0.3, 0.4) is 0 Å². The van der Waals surface area contributed by atoms with Crippen molar-refractivity contribution < 1.29 is 9.53 Å². The molecule has 1 saturated carbocycles. The Kier molecular flexibility index (Phi) is 10.4. The third kappa shape index (κ3) is 6.97. The lowest BCUT2D eigenvalue weighted by molar-refractivity contribution is -0.142. The fourth-order valence-corrected chi connectivity index (χ4v) is 5.49. The molecule has 0 heterocycles. The molecule has 3 heteroatoms. The van der Waals surface area contributed by atoms with Crippen LogP contribution in [0.25, 0.3) is 0 Å². The summed E-state index contributed by atoms with van der Waals surface area (Å²) in [6.07, 6.45) is 14.0. The summed E-state index contributed by atoms with van der Waals surface area (Å²) in [5, 5.41) is 9.84. The first-order chi connectivity index (χ1) is 17.1. The largest absolute Gasteiger partial charge is 0.424 e. The monoisotopic (exact) mass is 473 g/mol. The second-order valence-electron chi connectivity index (χ2n) is 10.4. The average Bonchev–Trinajstić information content (AvgIpc) is 2.91. The fourth-order valence-electron chi connectivity index (χ4n) is 5.49. The summed E-state index contributed by atoms with van der Waals surface area (Å²) >= 11 is 0. The highest BCUT2D eigenvalue weighted by Gasteiger charge is 2.43. The van der Waals surface area contributed by atoms with Gasteiger partial charge in [-0.3, -0.25) is 4.79 Å². The van der Waals surface area contributed by atoms with E-state index in [4.69, 9.17) is 4.74 Å². The molecule has 1 unspecified atom stereocenters. The predicted octanol–water partition coefficient (Wildman–Crippen LogP) is 8.47. The molecular weight excluding hydrogens is 430 g/mol. The second-order valence-corrected chi connectivity index (χ2v) is 10.4. The number of hydrogen-bond donors (Lipinski definition) is 0. The highest BCUT2D eigenvalue weighted by atomic mass is 16.5. The second kappa shape index (κ2) is 13.5. The summed E-state index contributed by atoms with van der Waals surface area (Å²) in [6, 6.07) is 16.7. The summed E-state index contributed by atoms with van der Waals surface area (Å²) < 4.78 is 6.02. The first-order valence-corrected chi connectivity index (χ1v) is 13.9. The van der Waals surface area contributed by atoms with E-state index in [2.05, 4.69) is 51.1 Å². The molecular formula is C32H43NO2. The van der Waals surface area contributed by atoms with Gasteiger partial charge in [0, 0.05) is 0 Å². The van der Waals surface area contributed by atoms with Gasteiger partial charge in [0.2, 0.25) is 0 Å². The van der Waals surface area contributed by atoms with Crippen molar-refractivity contribution >= 4 is 5.97 Å². The molecule has 3 nitrogen and oxygen atoms in total. The van der Waals surface area contributed by atoms with E-state index in [0.29, 0.717) is 17.2 Å². The summed E-state index contributed by atoms with van der Waals surface area (Å²) in [6.45, 7) is 6.67. The normalized spacial score (nSPS) is 15.8. The van der Waals surface area contributed by atoms with Crippen molar-refractivity contribution in [3.63, 3.8) is 0 Å². The Morgan fingerprint density at radius 1 is 0.971 bits per heavy atom. The van der Waals surface area contributed by atoms with Crippen LogP contribution >= 0.6 is 0 Å². The van der Waals surface area contributed by atoms with Crippen molar-refractivity contribution in [2.24, 2.45) is 5.92 Å². The minimum Gasteiger partial charge on any atom is -0.424 e. The number of rotatable bonds is 12. The Labute approximate surface area is 212 Å². The molecule has 0 aliphatic heterocycles. The van der Waals surface area contributed by atoms with Crippen LogP contribution in [0, 0.1) is 17.2 Å². The number of ether oxygens (including phenoxy) is 1. The molecule has 0 saturated heterocycles. The van der Waals surface area contributed by atoms with Gasteiger partial charge in [0.05, 0.1) is 11.0 Å². The van der Waals surface area contributed by atoms with E-state index < -0.39 is 5.41 Å². The van der Waals surface area contributed by atoms with Gasteiger partial charge in [-0.25, -0.2) is 0 Å². The first kappa shape index (κ1) is 27.0. The van der Waals surface area contributed by atoms with E-state index in [1.807, 2.05) is 18.2 Å². The zero-order chi connectivity index (χ0) is 25.1. The maximum absolute atomic E-state index is 13.7. The van der Waals surface area contributed by atoms with Crippen LogP contribution in [0.4, 0.5) is 0 Å². The highest BCUT2D eigenvalue weighted by molar-refractivity contribution is 5.85. The number of unbranched alkanes of at least 4 members (excludes halogenated alkanes) is 2. The fraction of sp³-hybridized carbons (Fsp3) is 0.562. The summed E-state index contributed by atoms with van der Waals surface area (Å²) in [5.74, 6) is 0.810. The van der Waals surface area contributed by atoms with Gasteiger partial charge in [0.15, 0.2) is 0 Å². The first-order valence-electron chi connectivity index (χ1n) is 13.9. The molecule has 0 bridgehead atoms. The van der Waals surface area contributed by atoms with Crippen LogP contribution in [0.2, 0.25) is 0 Å². The van der Waals surface area contributed by atoms with E-state index in [1.165, 1.54) is 37.7 Å². The van der Waals surface area contributed by atoms with Gasteiger partial charge >= 0.3 is 5.97 Å². The molecule has 0 aromatic heterocycles. The predicted molar refractivity (Wildman–Crippen MR) is 144 cm³/mol. The van der Waals surface area contributed by atoms with E-state index in [-0.39, 0.29) is 5.97 Å². The zero-order valence-electron chi connectivity index (χ0n) is 22.1. The Morgan fingerprint density at radius 3 is 2.29 bits per heavy atom. The Bertz CT molecular complexity index is 980. The van der Waals surface area contributed by atoms with Crippen LogP contribution in [0.1, 0.15) is 114 Å². The number of carbonyl (C=O) groups excluding carboxylic acids is 1. The van der Waals surface area contributed by atoms with Crippen LogP contribution < -0.4 is 4.74 Å². The van der Waals surface area contributed by atoms with Crippen molar-refractivity contribution in [1.82, 2.24) is 0 Å². The quantitative estimate of drug-likeness (QED) is 0.229. The van der Waals surface area contributed by atoms with Gasteiger partial charge in [0.25, 0.3) is 0 Å². The number of benzene rings is 2. The Morgan fingerprint density at radius 2 is 1.66 bits per heavy atom. The Hall–Kier alpha value is -2.60. The van der Waals surface area contributed by atoms with Gasteiger partial charge in [0.1, 0.15) is 11.8 Å². The lowest BCUT2D eigenvalue weighted by Crippen LogP contribution is -2.41. The highest BCUT2D eigenvalue weighted by Crippen LogP contribution is 2.41. The van der Waals surface area contributed by atoms with Crippen molar-refractivity contribution in [3.05, 3.63) is 64.7 Å². The minimum atomic E-state index is -0.625. The van der Waals surface area contributed by atoms with Crippen molar-refractivity contribution in [2.45, 2.75) is 110 Å². The molecule has 2 aromatic carbocycles. The number of hydrogen-bond acceptors (Lipinski definition) is 3. The van der Waals surface area contributed by atoms with Crippen molar-refractivity contribution in [3.8, 4) is 11.8 Å². The molecule has 1 fully saturated rings. The van der Waals surface area contributed by atoms with Gasteiger partial charge in [-0.1, -0.05) is 102 Å². The molecule has 1 aliphatic rings. The third-order valence-corrected chi connectivity index (χ3v) is 7.86. The standard InChI is InChI=1S/C32H43NO2/c1-4-7-12-25(6-3)22-27-16-19-30(28(23-27)24-33)35-31(34)32(20-10-9-11-21-32)29-17-14-26(15-18-29)13-8-5-2/h14-19,23,25H,4-13,20-22H2,1-3H3. The van der Waals surface area contributed by atoms with E-state index >= 15 is 0 Å².